The summed E-state index contributed by atoms with van der Waals surface area (Å²) in [6, 6.07) is 7.48. The van der Waals surface area contributed by atoms with Gasteiger partial charge in [-0.25, -0.2) is 0 Å². The summed E-state index contributed by atoms with van der Waals surface area (Å²) in [6.07, 6.45) is 0.685. The minimum absolute atomic E-state index is 0.0988. The van der Waals surface area contributed by atoms with Crippen LogP contribution in [0.2, 0.25) is 0 Å². The zero-order chi connectivity index (χ0) is 18.4. The van der Waals surface area contributed by atoms with E-state index in [9.17, 15) is 4.79 Å². The summed E-state index contributed by atoms with van der Waals surface area (Å²) < 4.78 is 5.19. The molecule has 1 heterocycles. The number of anilines is 2. The van der Waals surface area contributed by atoms with Crippen LogP contribution in [0.4, 0.5) is 11.4 Å². The lowest BCUT2D eigenvalue weighted by Crippen LogP contribution is -2.21. The molecule has 136 valence electrons. The molecule has 0 unspecified atom stereocenters. The van der Waals surface area contributed by atoms with E-state index >= 15 is 0 Å². The average molecular weight is 346 g/mol. The molecule has 1 aromatic heterocycles. The number of aliphatic hydroxyl groups excluding tert-OH is 1. The fourth-order valence-electron chi connectivity index (χ4n) is 2.18. The summed E-state index contributed by atoms with van der Waals surface area (Å²) >= 11 is 0. The maximum absolute atomic E-state index is 12.1. The number of hydrogen-bond acceptors (Lipinski definition) is 6. The molecule has 1 amide bonds. The van der Waals surface area contributed by atoms with E-state index in [4.69, 9.17) is 9.63 Å². The van der Waals surface area contributed by atoms with Crippen molar-refractivity contribution in [3.8, 4) is 0 Å². The molecular formula is C18H26N4O3. The number of benzene rings is 1. The van der Waals surface area contributed by atoms with Crippen molar-refractivity contribution in [2.75, 3.05) is 30.4 Å². The van der Waals surface area contributed by atoms with E-state index in [0.717, 1.165) is 11.4 Å². The van der Waals surface area contributed by atoms with Gasteiger partial charge in [-0.1, -0.05) is 25.9 Å². The Kier molecular flexibility index (Phi) is 6.14. The largest absolute Gasteiger partial charge is 0.395 e. The first-order chi connectivity index (χ1) is 11.8. The number of hydrogen-bond donors (Lipinski definition) is 2. The van der Waals surface area contributed by atoms with E-state index in [1.54, 1.807) is 0 Å². The summed E-state index contributed by atoms with van der Waals surface area (Å²) in [5.74, 6) is 1.01. The Labute approximate surface area is 148 Å². The molecule has 7 heteroatoms. The molecule has 0 aliphatic heterocycles. The van der Waals surface area contributed by atoms with Crippen molar-refractivity contribution in [1.82, 2.24) is 10.1 Å². The van der Waals surface area contributed by atoms with Crippen LogP contribution in [0.3, 0.4) is 0 Å². The summed E-state index contributed by atoms with van der Waals surface area (Å²) in [6.45, 7) is 6.69. The molecule has 0 aliphatic carbocycles. The third-order valence-corrected chi connectivity index (χ3v) is 3.73. The van der Waals surface area contributed by atoms with Gasteiger partial charge in [0.15, 0.2) is 5.82 Å². The first-order valence-electron chi connectivity index (χ1n) is 8.34. The molecule has 1 aromatic carbocycles. The summed E-state index contributed by atoms with van der Waals surface area (Å²) in [5.41, 5.74) is 1.54. The highest BCUT2D eigenvalue weighted by Crippen LogP contribution is 2.19. The monoisotopic (exact) mass is 346 g/mol. The van der Waals surface area contributed by atoms with Gasteiger partial charge in [-0.15, -0.1) is 0 Å². The number of carbonyl (C=O) groups excluding carboxylic acids is 1. The highest BCUT2D eigenvalue weighted by molar-refractivity contribution is 5.90. The molecule has 0 fully saturated rings. The van der Waals surface area contributed by atoms with Gasteiger partial charge in [0.25, 0.3) is 0 Å². The molecule has 2 rings (SSSR count). The molecule has 25 heavy (non-hydrogen) atoms. The number of aliphatic hydroxyl groups is 1. The van der Waals surface area contributed by atoms with Crippen LogP contribution in [0.15, 0.2) is 28.8 Å². The van der Waals surface area contributed by atoms with E-state index in [-0.39, 0.29) is 24.3 Å². The molecule has 0 atom stereocenters. The summed E-state index contributed by atoms with van der Waals surface area (Å²) in [7, 11) is 1.90. The number of aromatic nitrogens is 2. The zero-order valence-electron chi connectivity index (χ0n) is 15.2. The lowest BCUT2D eigenvalue weighted by Gasteiger charge is -2.18. The second-order valence-corrected chi connectivity index (χ2v) is 7.00. The maximum Gasteiger partial charge on any atom is 0.227 e. The van der Waals surface area contributed by atoms with Gasteiger partial charge in [0.1, 0.15) is 0 Å². The molecular weight excluding hydrogens is 320 g/mol. The second kappa shape index (κ2) is 8.11. The Morgan fingerprint density at radius 3 is 2.52 bits per heavy atom. The van der Waals surface area contributed by atoms with E-state index in [0.29, 0.717) is 24.7 Å². The quantitative estimate of drug-likeness (QED) is 0.800. The van der Waals surface area contributed by atoms with Crippen molar-refractivity contribution in [2.24, 2.45) is 0 Å². The van der Waals surface area contributed by atoms with E-state index < -0.39 is 0 Å². The third-order valence-electron chi connectivity index (χ3n) is 3.73. The van der Waals surface area contributed by atoms with E-state index in [1.807, 2.05) is 57.0 Å². The van der Waals surface area contributed by atoms with Crippen LogP contribution in [0, 0.1) is 0 Å². The fraction of sp³-hybridized carbons (Fsp3) is 0.500. The molecule has 0 spiro atoms. The van der Waals surface area contributed by atoms with Gasteiger partial charge in [0, 0.05) is 43.2 Å². The highest BCUT2D eigenvalue weighted by Gasteiger charge is 2.21. The Morgan fingerprint density at radius 2 is 1.96 bits per heavy atom. The van der Waals surface area contributed by atoms with Crippen LogP contribution in [-0.4, -0.2) is 41.4 Å². The Balaban J connectivity index is 1.85. The van der Waals surface area contributed by atoms with Crippen molar-refractivity contribution in [1.29, 1.82) is 0 Å². The van der Waals surface area contributed by atoms with Gasteiger partial charge in [0.05, 0.1) is 6.61 Å². The van der Waals surface area contributed by atoms with Crippen LogP contribution < -0.4 is 10.2 Å². The molecule has 2 N–H and O–H groups in total. The van der Waals surface area contributed by atoms with Crippen LogP contribution >= 0.6 is 0 Å². The fourth-order valence-corrected chi connectivity index (χ4v) is 2.18. The lowest BCUT2D eigenvalue weighted by molar-refractivity contribution is -0.116. The van der Waals surface area contributed by atoms with Crippen molar-refractivity contribution in [3.05, 3.63) is 36.0 Å². The normalized spacial score (nSPS) is 11.4. The number of rotatable bonds is 7. The first-order valence-corrected chi connectivity index (χ1v) is 8.34. The van der Waals surface area contributed by atoms with E-state index in [1.165, 1.54) is 0 Å². The molecule has 0 aliphatic rings. The summed E-state index contributed by atoms with van der Waals surface area (Å²) in [4.78, 5) is 18.3. The molecule has 2 aromatic rings. The third kappa shape index (κ3) is 5.56. The van der Waals surface area contributed by atoms with Crippen LogP contribution in [-0.2, 0) is 16.6 Å². The average Bonchev–Trinajstić information content (AvgIpc) is 3.03. The van der Waals surface area contributed by atoms with Gasteiger partial charge in [-0.3, -0.25) is 4.79 Å². The number of nitrogens with zero attached hydrogens (tertiary/aromatic N) is 3. The van der Waals surface area contributed by atoms with E-state index in [2.05, 4.69) is 15.5 Å². The molecule has 0 saturated carbocycles. The summed E-state index contributed by atoms with van der Waals surface area (Å²) in [5, 5.41) is 15.8. The number of carbonyl (C=O) groups is 1. The molecule has 0 radical (unpaired) electrons. The molecule has 7 nitrogen and oxygen atoms in total. The van der Waals surface area contributed by atoms with Gasteiger partial charge < -0.3 is 19.8 Å². The number of nitrogens with one attached hydrogen (secondary N) is 1. The van der Waals surface area contributed by atoms with Gasteiger partial charge in [0.2, 0.25) is 11.8 Å². The standard InChI is InChI=1S/C18H26N4O3/c1-18(2,3)17-20-16(25-21-17)10-9-15(24)19-13-5-7-14(8-6-13)22(4)11-12-23/h5-8,23H,9-12H2,1-4H3,(H,19,24). The molecule has 0 bridgehead atoms. The first kappa shape index (κ1) is 18.9. The number of amides is 1. The van der Waals surface area contributed by atoms with Gasteiger partial charge in [-0.2, -0.15) is 4.98 Å². The smallest absolute Gasteiger partial charge is 0.227 e. The predicted molar refractivity (Wildman–Crippen MR) is 96.7 cm³/mol. The maximum atomic E-state index is 12.1. The minimum Gasteiger partial charge on any atom is -0.395 e. The molecule has 0 saturated heterocycles. The van der Waals surface area contributed by atoms with Crippen molar-refractivity contribution in [2.45, 2.75) is 39.0 Å². The van der Waals surface area contributed by atoms with Gasteiger partial charge >= 0.3 is 0 Å². The van der Waals surface area contributed by atoms with Crippen molar-refractivity contribution < 1.29 is 14.4 Å². The van der Waals surface area contributed by atoms with Crippen LogP contribution in [0.25, 0.3) is 0 Å². The van der Waals surface area contributed by atoms with Crippen LogP contribution in [0.1, 0.15) is 38.9 Å². The number of aryl methyl sites for hydroxylation is 1. The topological polar surface area (TPSA) is 91.5 Å². The lowest BCUT2D eigenvalue weighted by atomic mass is 9.96. The van der Waals surface area contributed by atoms with Crippen molar-refractivity contribution >= 4 is 17.3 Å². The highest BCUT2D eigenvalue weighted by atomic mass is 16.5. The SMILES string of the molecule is CN(CCO)c1ccc(NC(=O)CCc2nc(C(C)(C)C)no2)cc1. The van der Waals surface area contributed by atoms with Crippen LogP contribution in [0.5, 0.6) is 0 Å². The second-order valence-electron chi connectivity index (χ2n) is 7.00. The Bertz CT molecular complexity index is 689. The zero-order valence-corrected chi connectivity index (χ0v) is 15.2. The number of likely N-dealkylation sites (N-methyl/N-ethyl adjacent to an activating group) is 1. The van der Waals surface area contributed by atoms with Gasteiger partial charge in [-0.05, 0) is 24.3 Å². The predicted octanol–water partition coefficient (Wildman–Crippen LogP) is 2.37. The Morgan fingerprint density at radius 1 is 1.28 bits per heavy atom. The minimum atomic E-state index is -0.172. The Hall–Kier alpha value is -2.41. The van der Waals surface area contributed by atoms with Crippen molar-refractivity contribution in [3.63, 3.8) is 0 Å².